The molecule has 0 amide bonds. The molecule has 230 valence electrons. The summed E-state index contributed by atoms with van der Waals surface area (Å²) in [6, 6.07) is 65.0. The topological polar surface area (TPSA) is 21.3 Å². The molecule has 0 radical (unpaired) electrons. The highest BCUT2D eigenvalue weighted by atomic mass is 16.3. The van der Waals surface area contributed by atoms with Gasteiger partial charge in [-0.2, -0.15) is 0 Å². The molecule has 0 saturated heterocycles. The zero-order chi connectivity index (χ0) is 32.3. The summed E-state index contributed by atoms with van der Waals surface area (Å²) in [6.45, 7) is 0. The molecular formula is C46H30N2O. The summed E-state index contributed by atoms with van der Waals surface area (Å²) in [4.78, 5) is 2.35. The Balaban J connectivity index is 1.12. The molecule has 0 aliphatic heterocycles. The maximum absolute atomic E-state index is 6.20. The largest absolute Gasteiger partial charge is 0.456 e. The minimum atomic E-state index is 0.919. The summed E-state index contributed by atoms with van der Waals surface area (Å²) in [5, 5.41) is 7.23. The Morgan fingerprint density at radius 1 is 0.388 bits per heavy atom. The summed E-state index contributed by atoms with van der Waals surface area (Å²) in [7, 11) is 0. The van der Waals surface area contributed by atoms with Gasteiger partial charge in [0.05, 0.1) is 11.0 Å². The van der Waals surface area contributed by atoms with Crippen molar-refractivity contribution in [2.24, 2.45) is 0 Å². The second-order valence-corrected chi connectivity index (χ2v) is 12.5. The SMILES string of the molecule is c1ccc(N(c2ccc(-c3cccc4c3ccc3oc5ccccc5c34)cc2)c2ccc3c4ccccc4n(-c4ccccc4)c3c2)cc1. The van der Waals surface area contributed by atoms with Crippen molar-refractivity contribution in [3.05, 3.63) is 182 Å². The fraction of sp³-hybridized carbons (Fsp3) is 0. The number of fused-ring (bicyclic) bond motifs is 8. The Morgan fingerprint density at radius 2 is 1.02 bits per heavy atom. The van der Waals surface area contributed by atoms with E-state index in [0.29, 0.717) is 0 Å². The van der Waals surface area contributed by atoms with Crippen LogP contribution in [0.3, 0.4) is 0 Å². The van der Waals surface area contributed by atoms with Crippen molar-refractivity contribution in [1.82, 2.24) is 4.57 Å². The van der Waals surface area contributed by atoms with Gasteiger partial charge in [-0.15, -0.1) is 0 Å². The zero-order valence-corrected chi connectivity index (χ0v) is 26.6. The van der Waals surface area contributed by atoms with Gasteiger partial charge in [-0.05, 0) is 88.6 Å². The van der Waals surface area contributed by atoms with Crippen LogP contribution in [0.5, 0.6) is 0 Å². The van der Waals surface area contributed by atoms with E-state index in [-0.39, 0.29) is 0 Å². The van der Waals surface area contributed by atoms with Crippen LogP contribution in [-0.4, -0.2) is 4.57 Å². The minimum absolute atomic E-state index is 0.919. The summed E-state index contributed by atoms with van der Waals surface area (Å²) < 4.78 is 8.58. The van der Waals surface area contributed by atoms with Gasteiger partial charge in [-0.25, -0.2) is 0 Å². The van der Waals surface area contributed by atoms with Gasteiger partial charge in [0.2, 0.25) is 0 Å². The molecule has 2 aromatic heterocycles. The average molecular weight is 627 g/mol. The van der Waals surface area contributed by atoms with Crippen LogP contribution in [0, 0.1) is 0 Å². The lowest BCUT2D eigenvalue weighted by atomic mass is 9.95. The number of furan rings is 1. The molecule has 3 nitrogen and oxygen atoms in total. The van der Waals surface area contributed by atoms with Crippen LogP contribution in [0.1, 0.15) is 0 Å². The molecule has 0 spiro atoms. The molecule has 2 heterocycles. The van der Waals surface area contributed by atoms with E-state index >= 15 is 0 Å². The highest BCUT2D eigenvalue weighted by Gasteiger charge is 2.18. The predicted molar refractivity (Wildman–Crippen MR) is 206 cm³/mol. The number of hydrogen-bond acceptors (Lipinski definition) is 2. The zero-order valence-electron chi connectivity index (χ0n) is 26.6. The van der Waals surface area contributed by atoms with Crippen molar-refractivity contribution < 1.29 is 4.42 Å². The minimum Gasteiger partial charge on any atom is -0.456 e. The molecular weight excluding hydrogens is 597 g/mol. The van der Waals surface area contributed by atoms with Gasteiger partial charge in [0.15, 0.2) is 0 Å². The molecule has 8 aromatic carbocycles. The fourth-order valence-corrected chi connectivity index (χ4v) is 7.60. The standard InChI is InChI=1S/C46H30N2O/c1-3-12-32(13-4-1)47(35-26-27-39-38-16-7-9-20-42(38)48(43(39)30-35)33-14-5-2-6-15-33)34-24-22-31(23-25-34)36-18-11-19-40-37(36)28-29-45-46(40)41-17-8-10-21-44(41)49-45/h1-30H. The van der Waals surface area contributed by atoms with Crippen molar-refractivity contribution >= 4 is 71.6 Å². The first-order valence-electron chi connectivity index (χ1n) is 16.7. The van der Waals surface area contributed by atoms with Gasteiger partial charge in [0.25, 0.3) is 0 Å². The normalized spacial score (nSPS) is 11.7. The molecule has 10 aromatic rings. The van der Waals surface area contributed by atoms with E-state index in [1.165, 1.54) is 49.1 Å². The van der Waals surface area contributed by atoms with E-state index in [1.807, 2.05) is 12.1 Å². The predicted octanol–water partition coefficient (Wildman–Crippen LogP) is 13.0. The van der Waals surface area contributed by atoms with E-state index in [2.05, 4.69) is 179 Å². The molecule has 0 atom stereocenters. The van der Waals surface area contributed by atoms with Crippen LogP contribution in [0.4, 0.5) is 17.1 Å². The molecule has 49 heavy (non-hydrogen) atoms. The lowest BCUT2D eigenvalue weighted by Crippen LogP contribution is -2.10. The van der Waals surface area contributed by atoms with E-state index in [1.54, 1.807) is 0 Å². The van der Waals surface area contributed by atoms with Gasteiger partial charge in [-0.3, -0.25) is 0 Å². The molecule has 10 rings (SSSR count). The van der Waals surface area contributed by atoms with Crippen LogP contribution in [0.2, 0.25) is 0 Å². The van der Waals surface area contributed by atoms with Gasteiger partial charge in [-0.1, -0.05) is 115 Å². The van der Waals surface area contributed by atoms with Crippen LogP contribution in [-0.2, 0) is 0 Å². The summed E-state index contributed by atoms with van der Waals surface area (Å²) >= 11 is 0. The van der Waals surface area contributed by atoms with Crippen molar-refractivity contribution in [1.29, 1.82) is 0 Å². The number of aromatic nitrogens is 1. The van der Waals surface area contributed by atoms with E-state index in [0.717, 1.165) is 39.3 Å². The number of rotatable bonds is 5. The molecule has 0 unspecified atom stereocenters. The van der Waals surface area contributed by atoms with Gasteiger partial charge in [0.1, 0.15) is 11.2 Å². The van der Waals surface area contributed by atoms with Crippen LogP contribution in [0.15, 0.2) is 186 Å². The first-order valence-corrected chi connectivity index (χ1v) is 16.7. The summed E-state index contributed by atoms with van der Waals surface area (Å²) in [5.41, 5.74) is 11.1. The maximum Gasteiger partial charge on any atom is 0.136 e. The number of anilines is 3. The smallest absolute Gasteiger partial charge is 0.136 e. The highest BCUT2D eigenvalue weighted by Crippen LogP contribution is 2.42. The number of nitrogens with zero attached hydrogens (tertiary/aromatic N) is 2. The maximum atomic E-state index is 6.20. The third-order valence-corrected chi connectivity index (χ3v) is 9.78. The summed E-state index contributed by atoms with van der Waals surface area (Å²) in [6.07, 6.45) is 0. The van der Waals surface area contributed by atoms with Crippen molar-refractivity contribution in [2.75, 3.05) is 4.90 Å². The van der Waals surface area contributed by atoms with Crippen LogP contribution in [0.25, 0.3) is 71.3 Å². The Hall–Kier alpha value is -6.58. The quantitative estimate of drug-likeness (QED) is 0.190. The second kappa shape index (κ2) is 11.0. The first kappa shape index (κ1) is 27.5. The first-order chi connectivity index (χ1) is 24.3. The second-order valence-electron chi connectivity index (χ2n) is 12.5. The number of hydrogen-bond donors (Lipinski definition) is 0. The third kappa shape index (κ3) is 4.37. The molecule has 0 N–H and O–H groups in total. The number of para-hydroxylation sites is 4. The molecule has 0 aliphatic rings. The Bertz CT molecular complexity index is 2810. The average Bonchev–Trinajstić information content (AvgIpc) is 3.72. The van der Waals surface area contributed by atoms with Crippen LogP contribution >= 0.6 is 0 Å². The summed E-state index contributed by atoms with van der Waals surface area (Å²) in [5.74, 6) is 0. The molecule has 0 aliphatic carbocycles. The van der Waals surface area contributed by atoms with Crippen LogP contribution < -0.4 is 4.90 Å². The molecule has 0 fully saturated rings. The molecule has 0 saturated carbocycles. The Kier molecular flexibility index (Phi) is 6.18. The Morgan fingerprint density at radius 3 is 1.86 bits per heavy atom. The van der Waals surface area contributed by atoms with E-state index in [9.17, 15) is 0 Å². The molecule has 0 bridgehead atoms. The van der Waals surface area contributed by atoms with E-state index in [4.69, 9.17) is 4.42 Å². The molecule has 3 heteroatoms. The monoisotopic (exact) mass is 626 g/mol. The van der Waals surface area contributed by atoms with Crippen molar-refractivity contribution in [2.45, 2.75) is 0 Å². The third-order valence-electron chi connectivity index (χ3n) is 9.78. The van der Waals surface area contributed by atoms with Gasteiger partial charge >= 0.3 is 0 Å². The lowest BCUT2D eigenvalue weighted by Gasteiger charge is -2.26. The van der Waals surface area contributed by atoms with Gasteiger partial charge in [0, 0.05) is 44.3 Å². The highest BCUT2D eigenvalue weighted by molar-refractivity contribution is 6.21. The van der Waals surface area contributed by atoms with Crippen molar-refractivity contribution in [3.63, 3.8) is 0 Å². The van der Waals surface area contributed by atoms with Gasteiger partial charge < -0.3 is 13.9 Å². The van der Waals surface area contributed by atoms with E-state index < -0.39 is 0 Å². The lowest BCUT2D eigenvalue weighted by molar-refractivity contribution is 0.669. The Labute approximate surface area is 283 Å². The van der Waals surface area contributed by atoms with Crippen molar-refractivity contribution in [3.8, 4) is 16.8 Å². The number of benzene rings is 8. The fourth-order valence-electron chi connectivity index (χ4n) is 7.60.